The van der Waals surface area contributed by atoms with Crippen molar-refractivity contribution in [3.8, 4) is 0 Å². The lowest BCUT2D eigenvalue weighted by molar-refractivity contribution is 0.411. The number of H-pyrrole nitrogens is 1. The van der Waals surface area contributed by atoms with Gasteiger partial charge in [-0.25, -0.2) is 15.0 Å². The highest BCUT2D eigenvalue weighted by molar-refractivity contribution is 7.09. The van der Waals surface area contributed by atoms with Crippen LogP contribution < -0.4 is 4.90 Å². The van der Waals surface area contributed by atoms with Gasteiger partial charge in [-0.15, -0.1) is 11.3 Å². The molecule has 3 aromatic rings. The minimum absolute atomic E-state index is 0.648. The van der Waals surface area contributed by atoms with Gasteiger partial charge in [0.1, 0.15) is 5.52 Å². The van der Waals surface area contributed by atoms with E-state index in [9.17, 15) is 0 Å². The van der Waals surface area contributed by atoms with Crippen molar-refractivity contribution in [2.75, 3.05) is 18.0 Å². The molecule has 1 aliphatic rings. The van der Waals surface area contributed by atoms with Crippen molar-refractivity contribution in [2.45, 2.75) is 26.2 Å². The zero-order valence-corrected chi connectivity index (χ0v) is 13.4. The third-order valence-corrected chi connectivity index (χ3v) is 5.26. The van der Waals surface area contributed by atoms with Gasteiger partial charge in [-0.05, 0) is 31.7 Å². The number of imidazole rings is 1. The first-order valence-corrected chi connectivity index (χ1v) is 8.61. The van der Waals surface area contributed by atoms with Crippen molar-refractivity contribution in [1.29, 1.82) is 0 Å². The number of nitrogens with one attached hydrogen (secondary N) is 1. The number of thiazole rings is 1. The molecule has 0 radical (unpaired) electrons. The van der Waals surface area contributed by atoms with E-state index in [4.69, 9.17) is 0 Å². The van der Waals surface area contributed by atoms with Crippen LogP contribution in [-0.2, 0) is 6.42 Å². The van der Waals surface area contributed by atoms with Crippen LogP contribution in [0.1, 0.15) is 23.5 Å². The van der Waals surface area contributed by atoms with E-state index in [1.807, 2.05) is 12.3 Å². The Balaban J connectivity index is 1.54. The third kappa shape index (κ3) is 2.59. The maximum atomic E-state index is 4.61. The van der Waals surface area contributed by atoms with Crippen molar-refractivity contribution in [3.63, 3.8) is 0 Å². The van der Waals surface area contributed by atoms with Crippen LogP contribution in [0.4, 0.5) is 5.82 Å². The summed E-state index contributed by atoms with van der Waals surface area (Å²) < 4.78 is 0. The highest BCUT2D eigenvalue weighted by atomic mass is 32.1. The van der Waals surface area contributed by atoms with Crippen LogP contribution in [0.25, 0.3) is 11.0 Å². The second kappa shape index (κ2) is 5.68. The third-order valence-electron chi connectivity index (χ3n) is 4.27. The predicted octanol–water partition coefficient (Wildman–Crippen LogP) is 3.18. The molecule has 0 spiro atoms. The minimum Gasteiger partial charge on any atom is -0.354 e. The Morgan fingerprint density at radius 2 is 2.36 bits per heavy atom. The number of hydrogen-bond acceptors (Lipinski definition) is 5. The molecule has 1 aliphatic heterocycles. The number of aromatic amines is 1. The van der Waals surface area contributed by atoms with E-state index in [0.29, 0.717) is 5.92 Å². The Morgan fingerprint density at radius 1 is 1.41 bits per heavy atom. The van der Waals surface area contributed by atoms with Crippen LogP contribution in [0.3, 0.4) is 0 Å². The highest BCUT2D eigenvalue weighted by Gasteiger charge is 2.23. The number of piperidine rings is 1. The molecule has 22 heavy (non-hydrogen) atoms. The summed E-state index contributed by atoms with van der Waals surface area (Å²) in [6.45, 7) is 4.17. The van der Waals surface area contributed by atoms with Gasteiger partial charge >= 0.3 is 0 Å². The lowest BCUT2D eigenvalue weighted by Crippen LogP contribution is -2.36. The van der Waals surface area contributed by atoms with Gasteiger partial charge < -0.3 is 9.88 Å². The molecule has 6 heteroatoms. The largest absolute Gasteiger partial charge is 0.354 e. The normalized spacial score (nSPS) is 19.0. The molecule has 3 aromatic heterocycles. The molecule has 1 saturated heterocycles. The Labute approximate surface area is 133 Å². The average Bonchev–Trinajstić information content (AvgIpc) is 3.16. The number of hydrogen-bond donors (Lipinski definition) is 1. The van der Waals surface area contributed by atoms with Crippen molar-refractivity contribution in [3.05, 3.63) is 34.7 Å². The van der Waals surface area contributed by atoms with Crippen LogP contribution in [0.5, 0.6) is 0 Å². The molecule has 0 aliphatic carbocycles. The Kier molecular flexibility index (Phi) is 3.54. The molecule has 4 heterocycles. The van der Waals surface area contributed by atoms with Gasteiger partial charge in [0.15, 0.2) is 5.82 Å². The first-order chi connectivity index (χ1) is 10.8. The topological polar surface area (TPSA) is 57.7 Å². The maximum absolute atomic E-state index is 4.61. The zero-order valence-electron chi connectivity index (χ0n) is 12.6. The average molecular weight is 313 g/mol. The summed E-state index contributed by atoms with van der Waals surface area (Å²) in [6, 6.07) is 1.98. The minimum atomic E-state index is 0.648. The summed E-state index contributed by atoms with van der Waals surface area (Å²) in [5, 5.41) is 3.40. The lowest BCUT2D eigenvalue weighted by atomic mass is 9.95. The molecule has 0 aromatic carbocycles. The van der Waals surface area contributed by atoms with Gasteiger partial charge in [-0.2, -0.15) is 0 Å². The Bertz CT molecular complexity index is 778. The van der Waals surface area contributed by atoms with E-state index in [1.165, 1.54) is 17.8 Å². The van der Waals surface area contributed by atoms with E-state index >= 15 is 0 Å². The van der Waals surface area contributed by atoms with Gasteiger partial charge in [-0.3, -0.25) is 0 Å². The smallest absolute Gasteiger partial charge is 0.156 e. The highest BCUT2D eigenvalue weighted by Crippen LogP contribution is 2.28. The predicted molar refractivity (Wildman–Crippen MR) is 89.4 cm³/mol. The van der Waals surface area contributed by atoms with E-state index in [2.05, 4.69) is 37.1 Å². The molecule has 114 valence electrons. The lowest BCUT2D eigenvalue weighted by Gasteiger charge is -2.33. The molecule has 1 unspecified atom stereocenters. The molecular formula is C16H19N5S. The standard InChI is InChI=1S/C16H19N5S/c1-11-9-22-14(20-11)7-12-3-2-6-21(8-12)16-15-13(4-5-17-16)18-10-19-15/h4-5,9-10,12H,2-3,6-8H2,1H3,(H,18,19). The van der Waals surface area contributed by atoms with Crippen molar-refractivity contribution < 1.29 is 0 Å². The van der Waals surface area contributed by atoms with Crippen molar-refractivity contribution >= 4 is 28.2 Å². The van der Waals surface area contributed by atoms with E-state index < -0.39 is 0 Å². The Morgan fingerprint density at radius 3 is 3.23 bits per heavy atom. The fourth-order valence-electron chi connectivity index (χ4n) is 3.25. The van der Waals surface area contributed by atoms with Crippen molar-refractivity contribution in [1.82, 2.24) is 19.9 Å². The number of nitrogens with zero attached hydrogens (tertiary/aromatic N) is 4. The van der Waals surface area contributed by atoms with Crippen LogP contribution in [-0.4, -0.2) is 33.0 Å². The molecule has 4 rings (SSSR count). The van der Waals surface area contributed by atoms with Gasteiger partial charge in [0.2, 0.25) is 0 Å². The number of rotatable bonds is 3. The molecule has 5 nitrogen and oxygen atoms in total. The van der Waals surface area contributed by atoms with Crippen LogP contribution in [0.2, 0.25) is 0 Å². The molecule has 1 N–H and O–H groups in total. The van der Waals surface area contributed by atoms with E-state index in [0.717, 1.165) is 42.1 Å². The number of aryl methyl sites for hydroxylation is 1. The molecular weight excluding hydrogens is 294 g/mol. The van der Waals surface area contributed by atoms with E-state index in [-0.39, 0.29) is 0 Å². The van der Waals surface area contributed by atoms with Gasteiger partial charge in [0.25, 0.3) is 0 Å². The molecule has 0 amide bonds. The summed E-state index contributed by atoms with van der Waals surface area (Å²) in [5.74, 6) is 1.66. The zero-order chi connectivity index (χ0) is 14.9. The monoisotopic (exact) mass is 313 g/mol. The van der Waals surface area contributed by atoms with Crippen LogP contribution in [0.15, 0.2) is 24.0 Å². The first kappa shape index (κ1) is 13.7. The fraction of sp³-hybridized carbons (Fsp3) is 0.438. The van der Waals surface area contributed by atoms with E-state index in [1.54, 1.807) is 17.7 Å². The second-order valence-electron chi connectivity index (χ2n) is 5.97. The quantitative estimate of drug-likeness (QED) is 0.807. The number of anilines is 1. The summed E-state index contributed by atoms with van der Waals surface area (Å²) in [7, 11) is 0. The van der Waals surface area contributed by atoms with Gasteiger partial charge in [-0.1, -0.05) is 0 Å². The maximum Gasteiger partial charge on any atom is 0.156 e. The summed E-state index contributed by atoms with van der Waals surface area (Å²) >= 11 is 1.78. The van der Waals surface area contributed by atoms with Crippen molar-refractivity contribution in [2.24, 2.45) is 5.92 Å². The van der Waals surface area contributed by atoms with Crippen LogP contribution >= 0.6 is 11.3 Å². The molecule has 1 fully saturated rings. The second-order valence-corrected chi connectivity index (χ2v) is 6.92. The number of aromatic nitrogens is 4. The SMILES string of the molecule is Cc1csc(CC2CCCN(c3nccc4[nH]cnc34)C2)n1. The van der Waals surface area contributed by atoms with Gasteiger partial charge in [0.05, 0.1) is 16.9 Å². The molecule has 1 atom stereocenters. The summed E-state index contributed by atoms with van der Waals surface area (Å²) in [6.07, 6.45) is 7.16. The Hall–Kier alpha value is -1.95. The van der Waals surface area contributed by atoms with Crippen LogP contribution in [0, 0.1) is 12.8 Å². The summed E-state index contributed by atoms with van der Waals surface area (Å²) in [4.78, 5) is 19.2. The van der Waals surface area contributed by atoms with Gasteiger partial charge in [0, 0.05) is 36.8 Å². The first-order valence-electron chi connectivity index (χ1n) is 7.73. The number of pyridine rings is 1. The molecule has 0 saturated carbocycles. The number of fused-ring (bicyclic) bond motifs is 1. The fourth-order valence-corrected chi connectivity index (χ4v) is 4.14. The molecule has 0 bridgehead atoms. The summed E-state index contributed by atoms with van der Waals surface area (Å²) in [5.41, 5.74) is 3.17.